The second-order valence-corrected chi connectivity index (χ2v) is 6.17. The Kier molecular flexibility index (Phi) is 4.54. The second-order valence-electron chi connectivity index (χ2n) is 5.19. The van der Waals surface area contributed by atoms with Gasteiger partial charge in [-0.1, -0.05) is 6.07 Å². The van der Waals surface area contributed by atoms with Gasteiger partial charge in [0.25, 0.3) is 0 Å². The summed E-state index contributed by atoms with van der Waals surface area (Å²) in [5.74, 6) is 1.03. The van der Waals surface area contributed by atoms with Crippen LogP contribution in [0.25, 0.3) is 0 Å². The number of hydrogen-bond acceptors (Lipinski definition) is 6. The standard InChI is InChI=1S/C14H22N4OS/c1-17-5-4-15-14(17)16-11-12(13-3-2-10-20-13)18-6-8-19-9-7-18/h2-3,10,12H,4-9,11H2,1H3,(H,15,16). The Bertz CT molecular complexity index is 442. The normalized spacial score (nSPS) is 21.9. The van der Waals surface area contributed by atoms with E-state index in [0.717, 1.165) is 51.9 Å². The number of ether oxygens (including phenoxy) is 1. The molecule has 20 heavy (non-hydrogen) atoms. The monoisotopic (exact) mass is 294 g/mol. The van der Waals surface area contributed by atoms with Gasteiger partial charge in [-0.3, -0.25) is 9.89 Å². The van der Waals surface area contributed by atoms with E-state index in [2.05, 4.69) is 44.7 Å². The summed E-state index contributed by atoms with van der Waals surface area (Å²) >= 11 is 1.83. The highest BCUT2D eigenvalue weighted by Crippen LogP contribution is 2.25. The number of hydrogen-bond donors (Lipinski definition) is 1. The lowest BCUT2D eigenvalue weighted by Crippen LogP contribution is -2.45. The summed E-state index contributed by atoms with van der Waals surface area (Å²) in [5, 5.41) is 5.67. The first-order valence-corrected chi connectivity index (χ1v) is 8.07. The highest BCUT2D eigenvalue weighted by atomic mass is 32.1. The molecule has 1 N–H and O–H groups in total. The third kappa shape index (κ3) is 3.13. The third-order valence-electron chi connectivity index (χ3n) is 3.87. The van der Waals surface area contributed by atoms with Gasteiger partial charge in [-0.05, 0) is 11.4 Å². The molecule has 6 heteroatoms. The molecule has 0 radical (unpaired) electrons. The van der Waals surface area contributed by atoms with E-state index in [-0.39, 0.29) is 0 Å². The Morgan fingerprint density at radius 1 is 1.40 bits per heavy atom. The molecule has 1 fully saturated rings. The van der Waals surface area contributed by atoms with Gasteiger partial charge in [0.05, 0.1) is 25.8 Å². The Morgan fingerprint density at radius 3 is 2.90 bits per heavy atom. The molecule has 0 aliphatic carbocycles. The number of rotatable bonds is 4. The number of guanidine groups is 1. The number of morpholine rings is 1. The fraction of sp³-hybridized carbons (Fsp3) is 0.643. The molecule has 5 nitrogen and oxygen atoms in total. The Morgan fingerprint density at radius 2 is 2.25 bits per heavy atom. The van der Waals surface area contributed by atoms with Gasteiger partial charge < -0.3 is 15.0 Å². The summed E-state index contributed by atoms with van der Waals surface area (Å²) in [4.78, 5) is 10.6. The molecule has 3 heterocycles. The molecule has 110 valence electrons. The quantitative estimate of drug-likeness (QED) is 0.900. The maximum absolute atomic E-state index is 5.47. The lowest BCUT2D eigenvalue weighted by Gasteiger charge is -2.34. The van der Waals surface area contributed by atoms with Crippen LogP contribution in [0.5, 0.6) is 0 Å². The third-order valence-corrected chi connectivity index (χ3v) is 4.84. The van der Waals surface area contributed by atoms with Crippen LogP contribution in [0.15, 0.2) is 22.5 Å². The lowest BCUT2D eigenvalue weighted by atomic mass is 10.2. The van der Waals surface area contributed by atoms with Gasteiger partial charge in [0.2, 0.25) is 0 Å². The second kappa shape index (κ2) is 6.56. The summed E-state index contributed by atoms with van der Waals surface area (Å²) in [6, 6.07) is 4.77. The van der Waals surface area contributed by atoms with Crippen LogP contribution in [0, 0.1) is 0 Å². The number of aliphatic imine (C=N–C) groups is 1. The van der Waals surface area contributed by atoms with Crippen molar-refractivity contribution in [1.29, 1.82) is 0 Å². The average molecular weight is 294 g/mol. The number of nitrogens with zero attached hydrogens (tertiary/aromatic N) is 3. The summed E-state index contributed by atoms with van der Waals surface area (Å²) in [6.07, 6.45) is 0. The van der Waals surface area contributed by atoms with Crippen molar-refractivity contribution in [1.82, 2.24) is 15.1 Å². The predicted molar refractivity (Wildman–Crippen MR) is 82.4 cm³/mol. The Balaban J connectivity index is 1.66. The highest BCUT2D eigenvalue weighted by Gasteiger charge is 2.24. The molecule has 0 saturated carbocycles. The van der Waals surface area contributed by atoms with Crippen molar-refractivity contribution in [3.05, 3.63) is 22.4 Å². The zero-order valence-electron chi connectivity index (χ0n) is 11.9. The zero-order chi connectivity index (χ0) is 13.8. The van der Waals surface area contributed by atoms with Crippen molar-refractivity contribution < 1.29 is 4.74 Å². The van der Waals surface area contributed by atoms with E-state index >= 15 is 0 Å². The van der Waals surface area contributed by atoms with E-state index in [9.17, 15) is 0 Å². The van der Waals surface area contributed by atoms with Gasteiger partial charge in [0.15, 0.2) is 5.96 Å². The maximum Gasteiger partial charge on any atom is 0.193 e. The average Bonchev–Trinajstić information content (AvgIpc) is 3.13. The Labute approximate surface area is 124 Å². The molecule has 0 amide bonds. The smallest absolute Gasteiger partial charge is 0.193 e. The first kappa shape index (κ1) is 13.9. The molecular weight excluding hydrogens is 272 g/mol. The molecule has 0 spiro atoms. The lowest BCUT2D eigenvalue weighted by molar-refractivity contribution is 0.0176. The van der Waals surface area contributed by atoms with Crippen LogP contribution in [0.2, 0.25) is 0 Å². The first-order valence-electron chi connectivity index (χ1n) is 7.19. The van der Waals surface area contributed by atoms with Crippen molar-refractivity contribution in [2.24, 2.45) is 4.99 Å². The summed E-state index contributed by atoms with van der Waals surface area (Å²) in [5.41, 5.74) is 0. The van der Waals surface area contributed by atoms with E-state index in [0.29, 0.717) is 6.04 Å². The van der Waals surface area contributed by atoms with Crippen LogP contribution in [-0.2, 0) is 4.74 Å². The molecule has 1 saturated heterocycles. The fourth-order valence-electron chi connectivity index (χ4n) is 2.69. The number of nitrogens with one attached hydrogen (secondary N) is 1. The van der Waals surface area contributed by atoms with E-state index in [4.69, 9.17) is 4.74 Å². The van der Waals surface area contributed by atoms with Gasteiger partial charge in [0, 0.05) is 38.1 Å². The summed E-state index contributed by atoms with van der Waals surface area (Å²) < 4.78 is 5.47. The highest BCUT2D eigenvalue weighted by molar-refractivity contribution is 7.10. The van der Waals surface area contributed by atoms with Crippen LogP contribution in [0.3, 0.4) is 0 Å². The van der Waals surface area contributed by atoms with E-state index in [1.165, 1.54) is 4.88 Å². The molecular formula is C14H22N4OS. The molecule has 1 aromatic rings. The number of likely N-dealkylation sites (N-methyl/N-ethyl adjacent to an activating group) is 1. The zero-order valence-corrected chi connectivity index (χ0v) is 12.7. The van der Waals surface area contributed by atoms with Crippen molar-refractivity contribution in [3.63, 3.8) is 0 Å². The molecule has 2 aliphatic rings. The maximum atomic E-state index is 5.47. The van der Waals surface area contributed by atoms with Crippen molar-refractivity contribution in [2.75, 3.05) is 53.0 Å². The molecule has 1 atom stereocenters. The van der Waals surface area contributed by atoms with Gasteiger partial charge in [-0.15, -0.1) is 11.3 Å². The van der Waals surface area contributed by atoms with Crippen LogP contribution in [0.4, 0.5) is 0 Å². The molecule has 3 rings (SSSR count). The topological polar surface area (TPSA) is 40.1 Å². The number of thiophene rings is 1. The van der Waals surface area contributed by atoms with Gasteiger partial charge in [0.1, 0.15) is 0 Å². The van der Waals surface area contributed by atoms with Crippen molar-refractivity contribution in [3.8, 4) is 0 Å². The summed E-state index contributed by atoms with van der Waals surface area (Å²) in [6.45, 7) is 6.51. The fourth-order valence-corrected chi connectivity index (χ4v) is 3.55. The van der Waals surface area contributed by atoms with Gasteiger partial charge >= 0.3 is 0 Å². The van der Waals surface area contributed by atoms with E-state index < -0.39 is 0 Å². The molecule has 0 aromatic carbocycles. The SMILES string of the molecule is CN1CCN=C1NCC(c1cccs1)N1CCOCC1. The van der Waals surface area contributed by atoms with Crippen LogP contribution in [0.1, 0.15) is 10.9 Å². The largest absolute Gasteiger partial charge is 0.379 e. The van der Waals surface area contributed by atoms with E-state index in [1.807, 2.05) is 11.3 Å². The minimum absolute atomic E-state index is 0.413. The van der Waals surface area contributed by atoms with E-state index in [1.54, 1.807) is 0 Å². The molecule has 1 aromatic heterocycles. The van der Waals surface area contributed by atoms with Crippen LogP contribution in [-0.4, -0.2) is 68.7 Å². The van der Waals surface area contributed by atoms with Gasteiger partial charge in [-0.25, -0.2) is 0 Å². The van der Waals surface area contributed by atoms with Crippen molar-refractivity contribution in [2.45, 2.75) is 6.04 Å². The van der Waals surface area contributed by atoms with Crippen LogP contribution >= 0.6 is 11.3 Å². The molecule has 0 bridgehead atoms. The summed E-state index contributed by atoms with van der Waals surface area (Å²) in [7, 11) is 2.09. The van der Waals surface area contributed by atoms with Crippen molar-refractivity contribution >= 4 is 17.3 Å². The molecule has 2 aliphatic heterocycles. The first-order chi connectivity index (χ1) is 9.84. The minimum atomic E-state index is 0.413. The minimum Gasteiger partial charge on any atom is -0.379 e. The predicted octanol–water partition coefficient (Wildman–Crippen LogP) is 1.01. The molecule has 1 unspecified atom stereocenters. The van der Waals surface area contributed by atoms with Gasteiger partial charge in [-0.2, -0.15) is 0 Å². The van der Waals surface area contributed by atoms with Crippen LogP contribution < -0.4 is 5.32 Å². The Hall–Kier alpha value is -1.11.